The average Bonchev–Trinajstić information content (AvgIpc) is 3.03. The van der Waals surface area contributed by atoms with Crippen molar-refractivity contribution in [3.05, 3.63) is 48.2 Å². The fraction of sp³-hybridized carbons (Fsp3) is 0.471. The molecule has 1 saturated heterocycles. The van der Waals surface area contributed by atoms with Crippen LogP contribution in [0, 0.1) is 0 Å². The summed E-state index contributed by atoms with van der Waals surface area (Å²) in [6, 6.07) is 8.40. The Balaban J connectivity index is 1.61. The first-order chi connectivity index (χ1) is 11.6. The number of piperidine rings is 1. The molecule has 24 heavy (non-hydrogen) atoms. The molecular weight excluding hydrogens is 326 g/mol. The molecule has 1 N–H and O–H groups in total. The number of nitrogens with zero attached hydrogens (tertiary/aromatic N) is 2. The van der Waals surface area contributed by atoms with Crippen LogP contribution in [0.4, 0.5) is 0 Å². The molecule has 0 bridgehead atoms. The second kappa shape index (κ2) is 7.46. The van der Waals surface area contributed by atoms with Crippen LogP contribution < -0.4 is 4.72 Å². The smallest absolute Gasteiger partial charge is 0.240 e. The van der Waals surface area contributed by atoms with Gasteiger partial charge in [-0.3, -0.25) is 4.90 Å². The zero-order valence-corrected chi connectivity index (χ0v) is 14.6. The van der Waals surface area contributed by atoms with E-state index in [4.69, 9.17) is 4.42 Å². The highest BCUT2D eigenvalue weighted by atomic mass is 32.2. The van der Waals surface area contributed by atoms with Gasteiger partial charge in [-0.15, -0.1) is 0 Å². The van der Waals surface area contributed by atoms with Crippen molar-refractivity contribution in [2.45, 2.75) is 43.7 Å². The quantitative estimate of drug-likeness (QED) is 0.865. The van der Waals surface area contributed by atoms with Gasteiger partial charge in [-0.1, -0.05) is 25.1 Å². The first kappa shape index (κ1) is 17.1. The van der Waals surface area contributed by atoms with E-state index in [1.54, 1.807) is 30.5 Å². The maximum absolute atomic E-state index is 12.4. The summed E-state index contributed by atoms with van der Waals surface area (Å²) in [5, 5.41) is 0. The van der Waals surface area contributed by atoms with Gasteiger partial charge in [0.15, 0.2) is 0 Å². The van der Waals surface area contributed by atoms with Gasteiger partial charge in [0.05, 0.1) is 17.6 Å². The lowest BCUT2D eigenvalue weighted by molar-refractivity contribution is 0.178. The summed E-state index contributed by atoms with van der Waals surface area (Å²) in [5.41, 5.74) is 0. The van der Waals surface area contributed by atoms with Gasteiger partial charge >= 0.3 is 0 Å². The fourth-order valence-electron chi connectivity index (χ4n) is 2.96. The molecule has 0 radical (unpaired) electrons. The highest BCUT2D eigenvalue weighted by Gasteiger charge is 2.25. The molecule has 130 valence electrons. The van der Waals surface area contributed by atoms with Crippen molar-refractivity contribution in [2.24, 2.45) is 0 Å². The third kappa shape index (κ3) is 4.23. The molecule has 1 atom stereocenters. The monoisotopic (exact) mass is 349 g/mol. The number of nitrogens with one attached hydrogen (secondary N) is 1. The first-order valence-electron chi connectivity index (χ1n) is 8.30. The molecule has 0 saturated carbocycles. The Kier molecular flexibility index (Phi) is 5.33. The average molecular weight is 349 g/mol. The molecule has 0 amide bonds. The minimum Gasteiger partial charge on any atom is -0.444 e. The van der Waals surface area contributed by atoms with Crippen molar-refractivity contribution in [1.82, 2.24) is 14.6 Å². The van der Waals surface area contributed by atoms with Crippen molar-refractivity contribution in [3.63, 3.8) is 0 Å². The Morgan fingerprint density at radius 1 is 1.33 bits per heavy atom. The summed E-state index contributed by atoms with van der Waals surface area (Å²) < 4.78 is 33.4. The van der Waals surface area contributed by atoms with Crippen LogP contribution in [-0.2, 0) is 23.0 Å². The minimum atomic E-state index is -3.47. The number of aryl methyl sites for hydroxylation is 1. The number of oxazole rings is 1. The lowest BCUT2D eigenvalue weighted by Crippen LogP contribution is -2.47. The second-order valence-corrected chi connectivity index (χ2v) is 7.80. The molecule has 2 aromatic rings. The zero-order chi connectivity index (χ0) is 17.0. The Morgan fingerprint density at radius 2 is 2.12 bits per heavy atom. The topological polar surface area (TPSA) is 75.4 Å². The van der Waals surface area contributed by atoms with Crippen LogP contribution in [0.3, 0.4) is 0 Å². The number of aromatic nitrogens is 1. The predicted octanol–water partition coefficient (Wildman–Crippen LogP) is 2.18. The Hall–Kier alpha value is -1.70. The standard InChI is InChI=1S/C17H23N3O3S/c1-2-15-11-18-17(23-15)13-20-10-6-7-14(12-20)19-24(21,22)16-8-4-3-5-9-16/h3-5,8-9,11,14,19H,2,6-7,10,12-13H2,1H3/t14-/m1/s1. The van der Waals surface area contributed by atoms with Gasteiger partial charge in [-0.05, 0) is 31.5 Å². The molecular formula is C17H23N3O3S. The molecule has 1 fully saturated rings. The van der Waals surface area contributed by atoms with Gasteiger partial charge in [0.1, 0.15) is 5.76 Å². The van der Waals surface area contributed by atoms with Crippen molar-refractivity contribution >= 4 is 10.0 Å². The Morgan fingerprint density at radius 3 is 2.83 bits per heavy atom. The Bertz CT molecular complexity index is 758. The van der Waals surface area contributed by atoms with Crippen molar-refractivity contribution in [2.75, 3.05) is 13.1 Å². The molecule has 6 nitrogen and oxygen atoms in total. The molecule has 1 aromatic carbocycles. The van der Waals surface area contributed by atoms with Gasteiger partial charge in [0.2, 0.25) is 15.9 Å². The number of sulfonamides is 1. The summed E-state index contributed by atoms with van der Waals surface area (Å²) in [6.07, 6.45) is 4.37. The minimum absolute atomic E-state index is 0.0930. The van der Waals surface area contributed by atoms with Gasteiger partial charge in [0, 0.05) is 19.0 Å². The van der Waals surface area contributed by atoms with Crippen LogP contribution in [0.5, 0.6) is 0 Å². The highest BCUT2D eigenvalue weighted by Crippen LogP contribution is 2.17. The normalized spacial score (nSPS) is 19.5. The van der Waals surface area contributed by atoms with E-state index >= 15 is 0 Å². The van der Waals surface area contributed by atoms with Crippen LogP contribution in [0.15, 0.2) is 45.8 Å². The van der Waals surface area contributed by atoms with Crippen LogP contribution in [-0.4, -0.2) is 37.4 Å². The zero-order valence-electron chi connectivity index (χ0n) is 13.8. The third-order valence-electron chi connectivity index (χ3n) is 4.19. The summed E-state index contributed by atoms with van der Waals surface area (Å²) in [6.45, 7) is 4.23. The van der Waals surface area contributed by atoms with Crippen LogP contribution in [0.25, 0.3) is 0 Å². The van der Waals surface area contributed by atoms with E-state index in [1.165, 1.54) is 0 Å². The number of hydrogen-bond acceptors (Lipinski definition) is 5. The number of likely N-dealkylation sites (tertiary alicyclic amines) is 1. The number of hydrogen-bond donors (Lipinski definition) is 1. The van der Waals surface area contributed by atoms with E-state index in [0.29, 0.717) is 23.9 Å². The summed E-state index contributed by atoms with van der Waals surface area (Å²) >= 11 is 0. The van der Waals surface area contributed by atoms with E-state index in [-0.39, 0.29) is 6.04 Å². The Labute approximate surface area is 142 Å². The van der Waals surface area contributed by atoms with Crippen LogP contribution >= 0.6 is 0 Å². The number of benzene rings is 1. The molecule has 3 rings (SSSR count). The second-order valence-electron chi connectivity index (χ2n) is 6.08. The molecule has 0 unspecified atom stereocenters. The van der Waals surface area contributed by atoms with E-state index < -0.39 is 10.0 Å². The predicted molar refractivity (Wildman–Crippen MR) is 90.9 cm³/mol. The summed E-state index contributed by atoms with van der Waals surface area (Å²) in [7, 11) is -3.47. The first-order valence-corrected chi connectivity index (χ1v) is 9.78. The summed E-state index contributed by atoms with van der Waals surface area (Å²) in [5.74, 6) is 1.57. The maximum atomic E-state index is 12.4. The van der Waals surface area contributed by atoms with Crippen molar-refractivity contribution < 1.29 is 12.8 Å². The largest absolute Gasteiger partial charge is 0.444 e. The maximum Gasteiger partial charge on any atom is 0.240 e. The lowest BCUT2D eigenvalue weighted by Gasteiger charge is -2.32. The molecule has 0 spiro atoms. The fourth-order valence-corrected chi connectivity index (χ4v) is 4.24. The SMILES string of the molecule is CCc1cnc(CN2CCC[C@@H](NS(=O)(=O)c3ccccc3)C2)o1. The lowest BCUT2D eigenvalue weighted by atomic mass is 10.1. The van der Waals surface area contributed by atoms with Crippen LogP contribution in [0.1, 0.15) is 31.4 Å². The highest BCUT2D eigenvalue weighted by molar-refractivity contribution is 7.89. The molecule has 7 heteroatoms. The van der Waals surface area contributed by atoms with Gasteiger partial charge in [-0.2, -0.15) is 0 Å². The molecule has 1 aromatic heterocycles. The van der Waals surface area contributed by atoms with E-state index in [1.807, 2.05) is 13.0 Å². The molecule has 1 aliphatic heterocycles. The molecule has 0 aliphatic carbocycles. The number of rotatable bonds is 6. The van der Waals surface area contributed by atoms with E-state index in [9.17, 15) is 8.42 Å². The van der Waals surface area contributed by atoms with Crippen LogP contribution in [0.2, 0.25) is 0 Å². The molecule has 2 heterocycles. The summed E-state index contributed by atoms with van der Waals surface area (Å²) in [4.78, 5) is 6.78. The van der Waals surface area contributed by atoms with Gasteiger partial charge in [-0.25, -0.2) is 18.1 Å². The van der Waals surface area contributed by atoms with Crippen molar-refractivity contribution in [3.8, 4) is 0 Å². The van der Waals surface area contributed by atoms with Gasteiger partial charge in [0.25, 0.3) is 0 Å². The molecule has 1 aliphatic rings. The third-order valence-corrected chi connectivity index (χ3v) is 5.73. The van der Waals surface area contributed by atoms with Gasteiger partial charge < -0.3 is 4.42 Å². The van der Waals surface area contributed by atoms with E-state index in [0.717, 1.165) is 31.6 Å². The van der Waals surface area contributed by atoms with Crippen molar-refractivity contribution in [1.29, 1.82) is 0 Å². The van der Waals surface area contributed by atoms with E-state index in [2.05, 4.69) is 14.6 Å².